The molecule has 2 aromatic rings. The molecule has 0 bridgehead atoms. The van der Waals surface area contributed by atoms with E-state index >= 15 is 0 Å². The van der Waals surface area contributed by atoms with Crippen LogP contribution in [0.25, 0.3) is 11.1 Å². The maximum absolute atomic E-state index is 2.46. The number of hydrogen-bond donors (Lipinski definition) is 0. The Balaban J connectivity index is 1.75. The molecule has 0 amide bonds. The van der Waals surface area contributed by atoms with Gasteiger partial charge in [-0.1, -0.05) is 93.9 Å². The van der Waals surface area contributed by atoms with Crippen molar-refractivity contribution in [3.8, 4) is 11.1 Å². The van der Waals surface area contributed by atoms with Crippen LogP contribution in [0.5, 0.6) is 0 Å². The number of allylic oxidation sites excluding steroid dienone is 2. The lowest BCUT2D eigenvalue weighted by atomic mass is 10.0. The molecule has 0 spiro atoms. The molecule has 2 aliphatic carbocycles. The number of rotatable bonds is 4. The van der Waals surface area contributed by atoms with E-state index in [0.29, 0.717) is 0 Å². The molecule has 2 aromatic carbocycles. The van der Waals surface area contributed by atoms with Gasteiger partial charge in [-0.2, -0.15) is 0 Å². The van der Waals surface area contributed by atoms with Gasteiger partial charge in [-0.15, -0.1) is 0 Å². The lowest BCUT2D eigenvalue weighted by Crippen LogP contribution is -2.26. The van der Waals surface area contributed by atoms with Crippen molar-refractivity contribution in [2.45, 2.75) is 62.7 Å². The second kappa shape index (κ2) is 8.33. The van der Waals surface area contributed by atoms with Gasteiger partial charge in [0.05, 0.1) is 0 Å². The predicted molar refractivity (Wildman–Crippen MR) is 112 cm³/mol. The van der Waals surface area contributed by atoms with Gasteiger partial charge in [0.15, 0.2) is 0 Å². The van der Waals surface area contributed by atoms with Crippen molar-refractivity contribution in [2.24, 2.45) is 0 Å². The van der Waals surface area contributed by atoms with E-state index in [1.165, 1.54) is 62.5 Å². The van der Waals surface area contributed by atoms with Gasteiger partial charge in [-0.25, -0.2) is 0 Å². The monoisotopic (exact) mass is 348 g/mol. The molecule has 0 saturated heterocycles. The predicted octanol–water partition coefficient (Wildman–Crippen LogP) is 6.90. The van der Waals surface area contributed by atoms with Crippen LogP contribution in [0.4, 0.5) is 0 Å². The standard InChI is InChI=1S/C24H29P/c1-4-12-20(13-5-1)23-18-10-11-19-24(23)25(21-14-6-2-7-15-21)22-16-8-3-9-17-22/h1-2,4-6,10-13,18-19,21-22H,3,7-9,14-17H2/t21-,25?/m0/s1. The number of benzene rings is 2. The first-order valence-electron chi connectivity index (χ1n) is 10.0. The molecule has 1 fully saturated rings. The maximum atomic E-state index is 2.46. The first-order valence-corrected chi connectivity index (χ1v) is 11.5. The van der Waals surface area contributed by atoms with Gasteiger partial charge < -0.3 is 0 Å². The van der Waals surface area contributed by atoms with Crippen LogP contribution >= 0.6 is 7.92 Å². The zero-order valence-electron chi connectivity index (χ0n) is 15.1. The van der Waals surface area contributed by atoms with E-state index in [4.69, 9.17) is 0 Å². The lowest BCUT2D eigenvalue weighted by Gasteiger charge is -2.38. The summed E-state index contributed by atoms with van der Waals surface area (Å²) in [5.74, 6) is 0. The molecule has 0 heterocycles. The second-order valence-electron chi connectivity index (χ2n) is 7.52. The van der Waals surface area contributed by atoms with Crippen molar-refractivity contribution in [3.63, 3.8) is 0 Å². The molecule has 25 heavy (non-hydrogen) atoms. The van der Waals surface area contributed by atoms with Crippen LogP contribution in [-0.4, -0.2) is 11.3 Å². The maximum Gasteiger partial charge on any atom is -0.0107 e. The summed E-state index contributed by atoms with van der Waals surface area (Å²) < 4.78 is 0. The average Bonchev–Trinajstić information content (AvgIpc) is 2.71. The highest BCUT2D eigenvalue weighted by Crippen LogP contribution is 2.55. The van der Waals surface area contributed by atoms with Gasteiger partial charge in [0.25, 0.3) is 0 Å². The molecule has 0 aromatic heterocycles. The topological polar surface area (TPSA) is 0 Å². The molecule has 1 unspecified atom stereocenters. The van der Waals surface area contributed by atoms with Crippen molar-refractivity contribution >= 4 is 13.2 Å². The summed E-state index contributed by atoms with van der Waals surface area (Å²) in [6.07, 6.45) is 16.1. The summed E-state index contributed by atoms with van der Waals surface area (Å²) in [5.41, 5.74) is 4.71. The molecule has 0 aliphatic heterocycles. The van der Waals surface area contributed by atoms with E-state index in [1.54, 1.807) is 5.30 Å². The van der Waals surface area contributed by atoms with E-state index in [1.807, 2.05) is 0 Å². The minimum atomic E-state index is -0.0878. The minimum absolute atomic E-state index is 0.0878. The Kier molecular flexibility index (Phi) is 5.68. The first kappa shape index (κ1) is 17.0. The van der Waals surface area contributed by atoms with Gasteiger partial charge in [0, 0.05) is 0 Å². The van der Waals surface area contributed by atoms with Crippen molar-refractivity contribution in [2.75, 3.05) is 0 Å². The molecule has 1 heteroatoms. The Morgan fingerprint density at radius 1 is 0.680 bits per heavy atom. The van der Waals surface area contributed by atoms with Crippen LogP contribution in [0.15, 0.2) is 66.7 Å². The minimum Gasteiger partial charge on any atom is -0.0885 e. The highest BCUT2D eigenvalue weighted by atomic mass is 31.1. The first-order chi connectivity index (χ1) is 12.4. The zero-order chi connectivity index (χ0) is 16.9. The van der Waals surface area contributed by atoms with Crippen molar-refractivity contribution in [3.05, 3.63) is 66.7 Å². The van der Waals surface area contributed by atoms with Crippen LogP contribution in [0.1, 0.15) is 51.4 Å². The van der Waals surface area contributed by atoms with Crippen LogP contribution in [-0.2, 0) is 0 Å². The van der Waals surface area contributed by atoms with Crippen molar-refractivity contribution < 1.29 is 0 Å². The van der Waals surface area contributed by atoms with Gasteiger partial charge in [0.2, 0.25) is 0 Å². The van der Waals surface area contributed by atoms with Gasteiger partial charge in [0.1, 0.15) is 0 Å². The fraction of sp³-hybridized carbons (Fsp3) is 0.417. The Bertz CT molecular complexity index is 697. The van der Waals surface area contributed by atoms with E-state index in [2.05, 4.69) is 66.7 Å². The third-order valence-corrected chi connectivity index (χ3v) is 9.38. The average molecular weight is 348 g/mol. The normalized spacial score (nSPS) is 22.6. The third kappa shape index (κ3) is 3.90. The summed E-state index contributed by atoms with van der Waals surface area (Å²) in [6, 6.07) is 20.4. The van der Waals surface area contributed by atoms with Gasteiger partial charge >= 0.3 is 0 Å². The van der Waals surface area contributed by atoms with E-state index in [-0.39, 0.29) is 7.92 Å². The third-order valence-electron chi connectivity index (χ3n) is 5.87. The van der Waals surface area contributed by atoms with Crippen molar-refractivity contribution in [1.29, 1.82) is 0 Å². The molecule has 0 nitrogen and oxygen atoms in total. The van der Waals surface area contributed by atoms with E-state index in [9.17, 15) is 0 Å². The molecule has 2 aliphatic rings. The van der Waals surface area contributed by atoms with Gasteiger partial charge in [-0.3, -0.25) is 0 Å². The Labute approximate surface area is 154 Å². The molecular formula is C24H29P. The lowest BCUT2D eigenvalue weighted by molar-refractivity contribution is 0.508. The summed E-state index contributed by atoms with van der Waals surface area (Å²) in [4.78, 5) is 0. The molecular weight excluding hydrogens is 319 g/mol. The largest absolute Gasteiger partial charge is 0.0885 e. The highest BCUT2D eigenvalue weighted by molar-refractivity contribution is 7.67. The SMILES string of the molecule is C1=CC[C@H](P(c2ccccc2-c2ccccc2)C2CCCCC2)CC1. The molecule has 1 saturated carbocycles. The van der Waals surface area contributed by atoms with E-state index < -0.39 is 0 Å². The second-order valence-corrected chi connectivity index (χ2v) is 10.3. The fourth-order valence-corrected chi connectivity index (χ4v) is 8.46. The molecule has 4 rings (SSSR count). The molecule has 130 valence electrons. The van der Waals surface area contributed by atoms with E-state index in [0.717, 1.165) is 11.3 Å². The zero-order valence-corrected chi connectivity index (χ0v) is 16.0. The highest BCUT2D eigenvalue weighted by Gasteiger charge is 2.32. The van der Waals surface area contributed by atoms with Crippen LogP contribution in [0.3, 0.4) is 0 Å². The fourth-order valence-electron chi connectivity index (χ4n) is 4.64. The quantitative estimate of drug-likeness (QED) is 0.416. The summed E-state index contributed by atoms with van der Waals surface area (Å²) in [7, 11) is -0.0878. The Morgan fingerprint density at radius 2 is 1.44 bits per heavy atom. The molecule has 0 N–H and O–H groups in total. The Hall–Kier alpha value is -1.39. The Morgan fingerprint density at radius 3 is 2.20 bits per heavy atom. The number of hydrogen-bond acceptors (Lipinski definition) is 0. The van der Waals surface area contributed by atoms with Crippen LogP contribution < -0.4 is 5.30 Å². The smallest absolute Gasteiger partial charge is 0.0107 e. The van der Waals surface area contributed by atoms with Crippen molar-refractivity contribution in [1.82, 2.24) is 0 Å². The summed E-state index contributed by atoms with van der Waals surface area (Å²) >= 11 is 0. The van der Waals surface area contributed by atoms with Crippen LogP contribution in [0, 0.1) is 0 Å². The molecule has 2 atom stereocenters. The van der Waals surface area contributed by atoms with Crippen LogP contribution in [0.2, 0.25) is 0 Å². The van der Waals surface area contributed by atoms with Gasteiger partial charge in [-0.05, 0) is 59.9 Å². The summed E-state index contributed by atoms with van der Waals surface area (Å²) in [6.45, 7) is 0. The summed E-state index contributed by atoms with van der Waals surface area (Å²) in [5, 5.41) is 1.68. The molecule has 0 radical (unpaired) electrons.